The molecule has 0 aromatic heterocycles. The Hall–Kier alpha value is -2.97. The molecular formula is C29H26Cl2N2O3S2. The number of sulfonamides is 1. The second-order valence-corrected chi connectivity index (χ2v) is 12.4. The first-order valence-corrected chi connectivity index (χ1v) is 14.9. The average Bonchev–Trinajstić information content (AvgIpc) is 2.90. The van der Waals surface area contributed by atoms with E-state index in [1.807, 2.05) is 50.2 Å². The van der Waals surface area contributed by atoms with Crippen molar-refractivity contribution >= 4 is 62.3 Å². The highest BCUT2D eigenvalue weighted by Crippen LogP contribution is 2.35. The summed E-state index contributed by atoms with van der Waals surface area (Å²) in [6.07, 6.45) is 0. The molecule has 0 spiro atoms. The van der Waals surface area contributed by atoms with Gasteiger partial charge in [-0.3, -0.25) is 9.10 Å². The number of halogens is 2. The Morgan fingerprint density at radius 2 is 1.61 bits per heavy atom. The van der Waals surface area contributed by atoms with Crippen LogP contribution in [-0.4, -0.2) is 20.9 Å². The van der Waals surface area contributed by atoms with Crippen LogP contribution in [0.15, 0.2) is 101 Å². The number of anilines is 2. The van der Waals surface area contributed by atoms with Gasteiger partial charge in [0.1, 0.15) is 6.54 Å². The number of thioether (sulfide) groups is 1. The molecule has 4 rings (SSSR count). The van der Waals surface area contributed by atoms with Gasteiger partial charge in [-0.1, -0.05) is 77.3 Å². The molecule has 38 heavy (non-hydrogen) atoms. The number of nitrogens with one attached hydrogen (secondary N) is 1. The van der Waals surface area contributed by atoms with Crippen molar-refractivity contribution in [3.05, 3.63) is 118 Å². The van der Waals surface area contributed by atoms with Gasteiger partial charge in [0, 0.05) is 16.3 Å². The fourth-order valence-corrected chi connectivity index (χ4v) is 6.52. The molecule has 1 amide bonds. The number of carbonyl (C=O) groups excluding carboxylic acids is 1. The van der Waals surface area contributed by atoms with Gasteiger partial charge < -0.3 is 5.32 Å². The maximum atomic E-state index is 13.6. The average molecular weight is 586 g/mol. The van der Waals surface area contributed by atoms with E-state index in [0.717, 1.165) is 26.7 Å². The largest absolute Gasteiger partial charge is 0.324 e. The second kappa shape index (κ2) is 12.3. The molecule has 1 N–H and O–H groups in total. The lowest BCUT2D eigenvalue weighted by Crippen LogP contribution is -2.38. The van der Waals surface area contributed by atoms with Crippen LogP contribution in [0, 0.1) is 13.8 Å². The van der Waals surface area contributed by atoms with E-state index >= 15 is 0 Å². The van der Waals surface area contributed by atoms with E-state index in [1.54, 1.807) is 36.0 Å². The van der Waals surface area contributed by atoms with Gasteiger partial charge in [-0.25, -0.2) is 8.42 Å². The quantitative estimate of drug-likeness (QED) is 0.204. The SMILES string of the molecule is Cc1ccc(S(=O)(=O)N(CC(=O)Nc2ccc(CSc3ccccc3)cc2C)c2cccc(Cl)c2Cl)cc1. The zero-order valence-electron chi connectivity index (χ0n) is 20.8. The minimum Gasteiger partial charge on any atom is -0.324 e. The summed E-state index contributed by atoms with van der Waals surface area (Å²) in [7, 11) is -4.12. The van der Waals surface area contributed by atoms with Crippen molar-refractivity contribution < 1.29 is 13.2 Å². The van der Waals surface area contributed by atoms with Crippen LogP contribution in [-0.2, 0) is 20.6 Å². The number of aryl methyl sites for hydroxylation is 2. The molecule has 196 valence electrons. The predicted molar refractivity (Wildman–Crippen MR) is 158 cm³/mol. The van der Waals surface area contributed by atoms with E-state index < -0.39 is 22.5 Å². The molecule has 0 saturated carbocycles. The van der Waals surface area contributed by atoms with Crippen LogP contribution in [0.3, 0.4) is 0 Å². The fraction of sp³-hybridized carbons (Fsp3) is 0.138. The van der Waals surface area contributed by atoms with Crippen molar-refractivity contribution in [2.24, 2.45) is 0 Å². The molecule has 0 aliphatic carbocycles. The van der Waals surface area contributed by atoms with Crippen LogP contribution in [0.2, 0.25) is 10.0 Å². The number of hydrogen-bond donors (Lipinski definition) is 1. The minimum atomic E-state index is -4.12. The summed E-state index contributed by atoms with van der Waals surface area (Å²) in [5.74, 6) is 0.279. The number of benzene rings is 4. The van der Waals surface area contributed by atoms with Gasteiger partial charge in [0.15, 0.2) is 0 Å². The van der Waals surface area contributed by atoms with Crippen molar-refractivity contribution in [2.45, 2.75) is 29.4 Å². The van der Waals surface area contributed by atoms with Crippen molar-refractivity contribution in [1.29, 1.82) is 0 Å². The predicted octanol–water partition coefficient (Wildman–Crippen LogP) is 7.74. The summed E-state index contributed by atoms with van der Waals surface area (Å²) in [5.41, 5.74) is 3.63. The Bertz CT molecular complexity index is 1540. The topological polar surface area (TPSA) is 66.5 Å². The maximum absolute atomic E-state index is 13.6. The third-order valence-electron chi connectivity index (χ3n) is 5.81. The summed E-state index contributed by atoms with van der Waals surface area (Å²) in [4.78, 5) is 14.4. The van der Waals surface area contributed by atoms with Crippen molar-refractivity contribution in [3.63, 3.8) is 0 Å². The van der Waals surface area contributed by atoms with E-state index in [-0.39, 0.29) is 20.6 Å². The summed E-state index contributed by atoms with van der Waals surface area (Å²) in [5, 5.41) is 3.09. The van der Waals surface area contributed by atoms with Gasteiger partial charge in [-0.2, -0.15) is 0 Å². The van der Waals surface area contributed by atoms with Gasteiger partial charge >= 0.3 is 0 Å². The molecule has 4 aromatic rings. The van der Waals surface area contributed by atoms with Gasteiger partial charge in [-0.05, 0) is 67.4 Å². The highest BCUT2D eigenvalue weighted by Gasteiger charge is 2.29. The van der Waals surface area contributed by atoms with Crippen LogP contribution in [0.1, 0.15) is 16.7 Å². The summed E-state index contributed by atoms with van der Waals surface area (Å²) in [6.45, 7) is 3.28. The van der Waals surface area contributed by atoms with Gasteiger partial charge in [0.25, 0.3) is 10.0 Å². The lowest BCUT2D eigenvalue weighted by atomic mass is 10.1. The lowest BCUT2D eigenvalue weighted by Gasteiger charge is -2.25. The Labute approximate surface area is 237 Å². The molecule has 0 saturated heterocycles. The molecule has 9 heteroatoms. The third-order valence-corrected chi connectivity index (χ3v) is 9.48. The van der Waals surface area contributed by atoms with E-state index in [9.17, 15) is 13.2 Å². The lowest BCUT2D eigenvalue weighted by molar-refractivity contribution is -0.114. The van der Waals surface area contributed by atoms with E-state index in [0.29, 0.717) is 5.69 Å². The van der Waals surface area contributed by atoms with Crippen LogP contribution in [0.25, 0.3) is 0 Å². The third kappa shape index (κ3) is 6.72. The van der Waals surface area contributed by atoms with Gasteiger partial charge in [0.2, 0.25) is 5.91 Å². The van der Waals surface area contributed by atoms with E-state index in [1.165, 1.54) is 23.1 Å². The summed E-state index contributed by atoms with van der Waals surface area (Å²) < 4.78 is 28.3. The Kier molecular flexibility index (Phi) is 9.05. The highest BCUT2D eigenvalue weighted by molar-refractivity contribution is 7.98. The molecule has 0 unspecified atom stereocenters. The molecule has 0 radical (unpaired) electrons. The number of carbonyl (C=O) groups is 1. The van der Waals surface area contributed by atoms with E-state index in [4.69, 9.17) is 23.2 Å². The smallest absolute Gasteiger partial charge is 0.264 e. The molecule has 0 atom stereocenters. The fourth-order valence-electron chi connectivity index (χ4n) is 3.78. The maximum Gasteiger partial charge on any atom is 0.264 e. The summed E-state index contributed by atoms with van der Waals surface area (Å²) in [6, 6.07) is 27.0. The first-order chi connectivity index (χ1) is 18.1. The molecule has 5 nitrogen and oxygen atoms in total. The standard InChI is InChI=1S/C29H26Cl2N2O3S2/c1-20-11-14-24(15-12-20)38(35,36)33(27-10-6-9-25(30)29(27)31)18-28(34)32-26-16-13-22(17-21(26)2)19-37-23-7-4-3-5-8-23/h3-17H,18-19H2,1-2H3,(H,32,34). The molecule has 0 aliphatic rings. The summed E-state index contributed by atoms with van der Waals surface area (Å²) >= 11 is 14.3. The van der Waals surface area contributed by atoms with Crippen LogP contribution in [0.5, 0.6) is 0 Å². The number of nitrogens with zero attached hydrogens (tertiary/aromatic N) is 1. The number of rotatable bonds is 9. The molecule has 0 heterocycles. The van der Waals surface area contributed by atoms with Crippen molar-refractivity contribution in [2.75, 3.05) is 16.2 Å². The Morgan fingerprint density at radius 3 is 2.29 bits per heavy atom. The normalized spacial score (nSPS) is 11.3. The molecule has 0 aliphatic heterocycles. The first kappa shape index (κ1) is 28.0. The van der Waals surface area contributed by atoms with Crippen LogP contribution in [0.4, 0.5) is 11.4 Å². The molecule has 0 bridgehead atoms. The van der Waals surface area contributed by atoms with Gasteiger partial charge in [0.05, 0.1) is 20.6 Å². The Morgan fingerprint density at radius 1 is 0.895 bits per heavy atom. The van der Waals surface area contributed by atoms with Gasteiger partial charge in [-0.15, -0.1) is 11.8 Å². The second-order valence-electron chi connectivity index (χ2n) is 8.70. The van der Waals surface area contributed by atoms with Crippen LogP contribution < -0.4 is 9.62 Å². The zero-order chi connectivity index (χ0) is 27.3. The zero-order valence-corrected chi connectivity index (χ0v) is 24.0. The minimum absolute atomic E-state index is 0.0448. The highest BCUT2D eigenvalue weighted by atomic mass is 35.5. The number of hydrogen-bond acceptors (Lipinski definition) is 4. The van der Waals surface area contributed by atoms with Crippen molar-refractivity contribution in [3.8, 4) is 0 Å². The number of amides is 1. The molecule has 0 fully saturated rings. The van der Waals surface area contributed by atoms with E-state index in [2.05, 4.69) is 17.4 Å². The molecular weight excluding hydrogens is 559 g/mol. The first-order valence-electron chi connectivity index (χ1n) is 11.8. The molecule has 4 aromatic carbocycles. The Balaban J connectivity index is 1.55. The monoisotopic (exact) mass is 584 g/mol. The van der Waals surface area contributed by atoms with Crippen molar-refractivity contribution in [1.82, 2.24) is 0 Å². The van der Waals surface area contributed by atoms with Crippen LogP contribution >= 0.6 is 35.0 Å².